The average Bonchev–Trinajstić information content (AvgIpc) is 2.25. The zero-order valence-electron chi connectivity index (χ0n) is 12.0. The van der Waals surface area contributed by atoms with Crippen molar-refractivity contribution < 1.29 is 0 Å². The molecule has 0 aliphatic rings. The molecule has 16 heavy (non-hydrogen) atoms. The maximum absolute atomic E-state index is 2.46. The minimum absolute atomic E-state index is 0.834. The maximum Gasteiger partial charge on any atom is -0.0234 e. The van der Waals surface area contributed by atoms with Crippen LogP contribution in [-0.4, -0.2) is 0 Å². The lowest BCUT2D eigenvalue weighted by molar-refractivity contribution is 0.504. The Bertz CT molecular complexity index is 163. The second-order valence-electron chi connectivity index (χ2n) is 5.32. The van der Waals surface area contributed by atoms with E-state index in [4.69, 9.17) is 0 Å². The third-order valence-corrected chi connectivity index (χ3v) is 3.27. The van der Waals surface area contributed by atoms with Gasteiger partial charge in [-0.05, 0) is 32.6 Å². The Morgan fingerprint density at radius 1 is 0.875 bits per heavy atom. The van der Waals surface area contributed by atoms with Crippen LogP contribution in [0.1, 0.15) is 85.5 Å². The van der Waals surface area contributed by atoms with Gasteiger partial charge in [0.2, 0.25) is 0 Å². The summed E-state index contributed by atoms with van der Waals surface area (Å²) in [7, 11) is 0. The molecule has 0 spiro atoms. The molecule has 0 heteroatoms. The maximum atomic E-state index is 2.46. The van der Waals surface area contributed by atoms with E-state index in [1.165, 1.54) is 63.4 Å². The van der Waals surface area contributed by atoms with Gasteiger partial charge >= 0.3 is 0 Å². The van der Waals surface area contributed by atoms with E-state index in [1.54, 1.807) is 0 Å². The van der Waals surface area contributed by atoms with Gasteiger partial charge in [0.15, 0.2) is 0 Å². The highest BCUT2D eigenvalue weighted by Gasteiger charge is 2.01. The Balaban J connectivity index is 3.38. The number of hydrogen-bond acceptors (Lipinski definition) is 0. The van der Waals surface area contributed by atoms with Gasteiger partial charge in [-0.3, -0.25) is 0 Å². The van der Waals surface area contributed by atoms with Gasteiger partial charge in [-0.1, -0.05) is 70.4 Å². The average molecular weight is 224 g/mol. The van der Waals surface area contributed by atoms with Gasteiger partial charge < -0.3 is 0 Å². The third kappa shape index (κ3) is 10.3. The third-order valence-electron chi connectivity index (χ3n) is 3.27. The fourth-order valence-corrected chi connectivity index (χ4v) is 2.24. The highest BCUT2D eigenvalue weighted by Crippen LogP contribution is 2.17. The topological polar surface area (TPSA) is 0 Å². The van der Waals surface area contributed by atoms with Crippen LogP contribution >= 0.6 is 0 Å². The first-order chi connectivity index (χ1) is 7.70. The largest absolute Gasteiger partial charge is 0.0828 e. The SMILES string of the molecule is CCCCCCCCCC(C=C(C)C)CC. The van der Waals surface area contributed by atoms with Gasteiger partial charge in [-0.15, -0.1) is 0 Å². The summed E-state index contributed by atoms with van der Waals surface area (Å²) in [5, 5.41) is 0. The minimum atomic E-state index is 0.834. The van der Waals surface area contributed by atoms with Crippen molar-refractivity contribution in [3.8, 4) is 0 Å². The Hall–Kier alpha value is -0.260. The van der Waals surface area contributed by atoms with E-state index in [-0.39, 0.29) is 0 Å². The molecule has 96 valence electrons. The predicted molar refractivity (Wildman–Crippen MR) is 75.8 cm³/mol. The van der Waals surface area contributed by atoms with Crippen LogP contribution in [-0.2, 0) is 0 Å². The molecule has 0 aromatic heterocycles. The molecule has 1 unspecified atom stereocenters. The van der Waals surface area contributed by atoms with Crippen molar-refractivity contribution in [2.24, 2.45) is 5.92 Å². The van der Waals surface area contributed by atoms with E-state index in [0.717, 1.165) is 5.92 Å². The van der Waals surface area contributed by atoms with Crippen molar-refractivity contribution >= 4 is 0 Å². The van der Waals surface area contributed by atoms with Gasteiger partial charge in [0.05, 0.1) is 0 Å². The number of rotatable bonds is 10. The minimum Gasteiger partial charge on any atom is -0.0828 e. The molecule has 0 aliphatic carbocycles. The summed E-state index contributed by atoms with van der Waals surface area (Å²) in [6.07, 6.45) is 15.2. The molecule has 0 fully saturated rings. The van der Waals surface area contributed by atoms with E-state index >= 15 is 0 Å². The Morgan fingerprint density at radius 3 is 1.94 bits per heavy atom. The fraction of sp³-hybridized carbons (Fsp3) is 0.875. The van der Waals surface area contributed by atoms with Crippen LogP contribution in [0.15, 0.2) is 11.6 Å². The molecule has 1 atom stereocenters. The summed E-state index contributed by atoms with van der Waals surface area (Å²) in [5.74, 6) is 0.834. The van der Waals surface area contributed by atoms with Crippen LogP contribution in [0.5, 0.6) is 0 Å². The molecule has 0 aromatic carbocycles. The van der Waals surface area contributed by atoms with Crippen LogP contribution < -0.4 is 0 Å². The molecule has 0 aliphatic heterocycles. The fourth-order valence-electron chi connectivity index (χ4n) is 2.24. The van der Waals surface area contributed by atoms with E-state index < -0.39 is 0 Å². The molecule has 0 saturated heterocycles. The molecule has 0 radical (unpaired) electrons. The first-order valence-electron chi connectivity index (χ1n) is 7.35. The molecule has 0 heterocycles. The van der Waals surface area contributed by atoms with Crippen molar-refractivity contribution in [3.63, 3.8) is 0 Å². The number of allylic oxidation sites excluding steroid dienone is 2. The monoisotopic (exact) mass is 224 g/mol. The van der Waals surface area contributed by atoms with Gasteiger partial charge in [0.25, 0.3) is 0 Å². The molecule has 0 nitrogen and oxygen atoms in total. The van der Waals surface area contributed by atoms with Crippen molar-refractivity contribution in [2.45, 2.75) is 85.5 Å². The van der Waals surface area contributed by atoms with Crippen LogP contribution in [0.3, 0.4) is 0 Å². The summed E-state index contributed by atoms with van der Waals surface area (Å²) in [4.78, 5) is 0. The van der Waals surface area contributed by atoms with Gasteiger partial charge in [0, 0.05) is 0 Å². The van der Waals surface area contributed by atoms with Crippen molar-refractivity contribution in [1.29, 1.82) is 0 Å². The van der Waals surface area contributed by atoms with Crippen LogP contribution in [0.25, 0.3) is 0 Å². The summed E-state index contributed by atoms with van der Waals surface area (Å²) in [6.45, 7) is 9.03. The first-order valence-corrected chi connectivity index (χ1v) is 7.35. The molecule has 0 N–H and O–H groups in total. The molecule has 0 bridgehead atoms. The summed E-state index contributed by atoms with van der Waals surface area (Å²) >= 11 is 0. The van der Waals surface area contributed by atoms with Gasteiger partial charge in [-0.2, -0.15) is 0 Å². The van der Waals surface area contributed by atoms with E-state index in [0.29, 0.717) is 0 Å². The zero-order chi connectivity index (χ0) is 12.2. The summed E-state index contributed by atoms with van der Waals surface area (Å²) in [6, 6.07) is 0. The standard InChI is InChI=1S/C16H32/c1-5-7-8-9-10-11-12-13-16(6-2)14-15(3)4/h14,16H,5-13H2,1-4H3. The quantitative estimate of drug-likeness (QED) is 0.310. The van der Waals surface area contributed by atoms with Gasteiger partial charge in [-0.25, -0.2) is 0 Å². The van der Waals surface area contributed by atoms with E-state index in [9.17, 15) is 0 Å². The summed E-state index contributed by atoms with van der Waals surface area (Å²) < 4.78 is 0. The van der Waals surface area contributed by atoms with E-state index in [1.807, 2.05) is 0 Å². The Labute approximate surface area is 104 Å². The molecule has 0 amide bonds. The van der Waals surface area contributed by atoms with E-state index in [2.05, 4.69) is 33.8 Å². The van der Waals surface area contributed by atoms with Crippen LogP contribution in [0, 0.1) is 5.92 Å². The first kappa shape index (κ1) is 15.7. The molecule has 0 saturated carbocycles. The van der Waals surface area contributed by atoms with Crippen LogP contribution in [0.4, 0.5) is 0 Å². The highest BCUT2D eigenvalue weighted by molar-refractivity contribution is 4.96. The van der Waals surface area contributed by atoms with Crippen LogP contribution in [0.2, 0.25) is 0 Å². The number of unbranched alkanes of at least 4 members (excludes halogenated alkanes) is 6. The number of hydrogen-bond donors (Lipinski definition) is 0. The normalized spacial score (nSPS) is 12.5. The second-order valence-corrected chi connectivity index (χ2v) is 5.32. The zero-order valence-corrected chi connectivity index (χ0v) is 12.0. The lowest BCUT2D eigenvalue weighted by Gasteiger charge is -2.10. The molecule has 0 rings (SSSR count). The van der Waals surface area contributed by atoms with Crippen molar-refractivity contribution in [3.05, 3.63) is 11.6 Å². The Kier molecular flexibility index (Phi) is 11.0. The lowest BCUT2D eigenvalue weighted by Crippen LogP contribution is -1.95. The smallest absolute Gasteiger partial charge is 0.0234 e. The van der Waals surface area contributed by atoms with Gasteiger partial charge in [0.1, 0.15) is 0 Å². The lowest BCUT2D eigenvalue weighted by atomic mass is 9.96. The molecule has 0 aromatic rings. The predicted octanol–water partition coefficient (Wildman–Crippen LogP) is 6.12. The Morgan fingerprint density at radius 2 is 1.44 bits per heavy atom. The second kappa shape index (κ2) is 11.2. The molecular weight excluding hydrogens is 192 g/mol. The molecular formula is C16H32. The highest BCUT2D eigenvalue weighted by atomic mass is 14.1. The van der Waals surface area contributed by atoms with Crippen molar-refractivity contribution in [2.75, 3.05) is 0 Å². The van der Waals surface area contributed by atoms with Crippen molar-refractivity contribution in [1.82, 2.24) is 0 Å². The summed E-state index contributed by atoms with van der Waals surface area (Å²) in [5.41, 5.74) is 1.48.